The first kappa shape index (κ1) is 21.1. The van der Waals surface area contributed by atoms with Crippen molar-refractivity contribution in [2.45, 2.75) is 13.1 Å². The van der Waals surface area contributed by atoms with E-state index in [2.05, 4.69) is 10.3 Å². The van der Waals surface area contributed by atoms with E-state index < -0.39 is 59.7 Å². The van der Waals surface area contributed by atoms with E-state index in [0.29, 0.717) is 10.5 Å². The van der Waals surface area contributed by atoms with E-state index in [1.807, 2.05) is 0 Å². The summed E-state index contributed by atoms with van der Waals surface area (Å²) >= 11 is 0. The maximum Gasteiger partial charge on any atom is 0.407 e. The summed E-state index contributed by atoms with van der Waals surface area (Å²) in [6.45, 7) is -1.51. The van der Waals surface area contributed by atoms with Gasteiger partial charge in [-0.25, -0.2) is 32.2 Å². The van der Waals surface area contributed by atoms with Crippen LogP contribution in [0.5, 0.6) is 0 Å². The highest BCUT2D eigenvalue weighted by Gasteiger charge is 2.28. The molecule has 0 aliphatic rings. The van der Waals surface area contributed by atoms with Gasteiger partial charge in [-0.2, -0.15) is 0 Å². The van der Waals surface area contributed by atoms with Crippen LogP contribution in [0.25, 0.3) is 0 Å². The molecule has 0 fully saturated rings. The largest absolute Gasteiger partial charge is 0.465 e. The van der Waals surface area contributed by atoms with Crippen LogP contribution >= 0.6 is 0 Å². The lowest BCUT2D eigenvalue weighted by atomic mass is 10.1. The smallest absolute Gasteiger partial charge is 0.407 e. The highest BCUT2D eigenvalue weighted by Crippen LogP contribution is 2.25. The summed E-state index contributed by atoms with van der Waals surface area (Å²) in [5.74, 6) is -11.4. The molecule has 2 aromatic carbocycles. The number of rotatable bonds is 6. The molecule has 0 spiro atoms. The first-order chi connectivity index (χ1) is 13.2. The molecule has 0 aliphatic carbocycles. The molecule has 2 amide bonds. The molecule has 6 nitrogen and oxygen atoms in total. The monoisotopic (exact) mass is 404 g/mol. The highest BCUT2D eigenvalue weighted by atomic mass is 19.2. The van der Waals surface area contributed by atoms with E-state index in [1.165, 1.54) is 31.4 Å². The second kappa shape index (κ2) is 8.65. The lowest BCUT2D eigenvalue weighted by Gasteiger charge is -2.20. The number of hydrogen-bond donors (Lipinski definition) is 2. The van der Waals surface area contributed by atoms with Crippen LogP contribution in [0, 0.1) is 29.1 Å². The summed E-state index contributed by atoms with van der Waals surface area (Å²) in [6.07, 6.45) is -1.65. The quantitative estimate of drug-likeness (QED) is 0.335. The van der Waals surface area contributed by atoms with Gasteiger partial charge in [-0.1, -0.05) is 12.1 Å². The van der Waals surface area contributed by atoms with Crippen LogP contribution in [0.2, 0.25) is 0 Å². The van der Waals surface area contributed by atoms with Crippen LogP contribution in [0.15, 0.2) is 24.3 Å². The van der Waals surface area contributed by atoms with Crippen molar-refractivity contribution in [3.8, 4) is 0 Å². The van der Waals surface area contributed by atoms with Crippen molar-refractivity contribution in [2.75, 3.05) is 7.11 Å². The fraction of sp³-hybridized carbons (Fsp3) is 0.176. The Morgan fingerprint density at radius 1 is 0.929 bits per heavy atom. The number of carboxylic acid groups (broad SMARTS) is 1. The maximum absolute atomic E-state index is 13.8. The van der Waals surface area contributed by atoms with E-state index in [0.717, 1.165) is 0 Å². The zero-order valence-electron chi connectivity index (χ0n) is 14.2. The zero-order chi connectivity index (χ0) is 21.0. The van der Waals surface area contributed by atoms with E-state index in [9.17, 15) is 36.6 Å². The molecule has 0 aromatic heterocycles. The van der Waals surface area contributed by atoms with E-state index in [-0.39, 0.29) is 5.56 Å². The third kappa shape index (κ3) is 4.36. The van der Waals surface area contributed by atoms with Gasteiger partial charge >= 0.3 is 6.09 Å². The molecular formula is C17H13F5N2O4. The topological polar surface area (TPSA) is 78.9 Å². The minimum absolute atomic E-state index is 0.187. The molecule has 0 atom stereocenters. The predicted molar refractivity (Wildman–Crippen MR) is 84.4 cm³/mol. The SMILES string of the molecule is CONC(=O)c1ccc(CN(Cc2c(F)c(F)c(F)c(F)c2F)C(=O)O)cc1. The van der Waals surface area contributed by atoms with Gasteiger partial charge in [0, 0.05) is 17.7 Å². The van der Waals surface area contributed by atoms with Crippen LogP contribution in [-0.4, -0.2) is 29.1 Å². The molecule has 0 saturated heterocycles. The number of nitrogens with zero attached hydrogens (tertiary/aromatic N) is 1. The Morgan fingerprint density at radius 2 is 1.43 bits per heavy atom. The Hall–Kier alpha value is -3.21. The average Bonchev–Trinajstić information content (AvgIpc) is 2.67. The number of halogens is 5. The standard InChI is InChI=1S/C17H13F5N2O4/c1-28-23-16(25)9-4-2-8(3-5-9)6-24(17(26)27)7-10-11(18)13(20)15(22)14(21)12(10)19/h2-5H,6-7H2,1H3,(H,23,25)(H,26,27). The minimum atomic E-state index is -2.33. The summed E-state index contributed by atoms with van der Waals surface area (Å²) in [5.41, 5.74) is 1.30. The number of hydroxylamine groups is 1. The first-order valence-electron chi connectivity index (χ1n) is 7.57. The Morgan fingerprint density at radius 3 is 1.89 bits per heavy atom. The molecule has 2 rings (SSSR count). The van der Waals surface area contributed by atoms with Gasteiger partial charge in [-0.15, -0.1) is 0 Å². The van der Waals surface area contributed by atoms with E-state index in [4.69, 9.17) is 0 Å². The number of benzene rings is 2. The molecule has 2 N–H and O–H groups in total. The summed E-state index contributed by atoms with van der Waals surface area (Å²) in [6, 6.07) is 5.39. The molecular weight excluding hydrogens is 391 g/mol. The summed E-state index contributed by atoms with van der Waals surface area (Å²) in [5, 5.41) is 9.22. The molecule has 0 aliphatic heterocycles. The number of carbonyl (C=O) groups is 2. The zero-order valence-corrected chi connectivity index (χ0v) is 14.2. The lowest BCUT2D eigenvalue weighted by molar-refractivity contribution is 0.0537. The van der Waals surface area contributed by atoms with Gasteiger partial charge in [0.25, 0.3) is 5.91 Å². The fourth-order valence-corrected chi connectivity index (χ4v) is 2.30. The number of amides is 2. The van der Waals surface area contributed by atoms with E-state index in [1.54, 1.807) is 0 Å². The molecule has 0 bridgehead atoms. The Kier molecular flexibility index (Phi) is 6.52. The summed E-state index contributed by atoms with van der Waals surface area (Å²) in [4.78, 5) is 27.9. The van der Waals surface area contributed by atoms with Gasteiger partial charge in [0.05, 0.1) is 13.7 Å². The van der Waals surface area contributed by atoms with Gasteiger partial charge in [0.2, 0.25) is 5.82 Å². The molecule has 0 heterocycles. The minimum Gasteiger partial charge on any atom is -0.465 e. The van der Waals surface area contributed by atoms with Gasteiger partial charge in [-0.3, -0.25) is 14.5 Å². The Labute approximate surface area is 155 Å². The van der Waals surface area contributed by atoms with Crippen molar-refractivity contribution < 1.29 is 41.5 Å². The van der Waals surface area contributed by atoms with E-state index >= 15 is 0 Å². The number of carbonyl (C=O) groups excluding carboxylic acids is 1. The van der Waals surface area contributed by atoms with Crippen molar-refractivity contribution >= 4 is 12.0 Å². The van der Waals surface area contributed by atoms with Gasteiger partial charge in [0.1, 0.15) is 0 Å². The molecule has 0 radical (unpaired) electrons. The first-order valence-corrected chi connectivity index (χ1v) is 7.57. The van der Waals surface area contributed by atoms with Crippen molar-refractivity contribution in [3.63, 3.8) is 0 Å². The highest BCUT2D eigenvalue weighted by molar-refractivity contribution is 5.93. The van der Waals surface area contributed by atoms with Crippen molar-refractivity contribution in [3.05, 3.63) is 70.0 Å². The number of nitrogens with one attached hydrogen (secondary N) is 1. The normalized spacial score (nSPS) is 10.6. The molecule has 0 saturated carbocycles. The molecule has 28 heavy (non-hydrogen) atoms. The predicted octanol–water partition coefficient (Wildman–Crippen LogP) is 3.35. The summed E-state index contributed by atoms with van der Waals surface area (Å²) < 4.78 is 67.2. The third-order valence-corrected chi connectivity index (χ3v) is 3.70. The maximum atomic E-state index is 13.8. The molecule has 11 heteroatoms. The van der Waals surface area contributed by atoms with Crippen LogP contribution in [-0.2, 0) is 17.9 Å². The third-order valence-electron chi connectivity index (χ3n) is 3.70. The van der Waals surface area contributed by atoms with Crippen molar-refractivity contribution in [1.82, 2.24) is 10.4 Å². The number of hydrogen-bond acceptors (Lipinski definition) is 3. The second-order valence-corrected chi connectivity index (χ2v) is 5.52. The molecule has 0 unspecified atom stereocenters. The average molecular weight is 404 g/mol. The van der Waals surface area contributed by atoms with Crippen LogP contribution in [0.3, 0.4) is 0 Å². The Balaban J connectivity index is 2.26. The molecule has 150 valence electrons. The van der Waals surface area contributed by atoms with Crippen LogP contribution in [0.4, 0.5) is 26.7 Å². The van der Waals surface area contributed by atoms with Crippen molar-refractivity contribution in [1.29, 1.82) is 0 Å². The van der Waals surface area contributed by atoms with Gasteiger partial charge in [-0.05, 0) is 17.7 Å². The van der Waals surface area contributed by atoms with Crippen molar-refractivity contribution in [2.24, 2.45) is 0 Å². The molecule has 2 aromatic rings. The van der Waals surface area contributed by atoms with Crippen LogP contribution in [0.1, 0.15) is 21.5 Å². The van der Waals surface area contributed by atoms with Crippen LogP contribution < -0.4 is 5.48 Å². The summed E-state index contributed by atoms with van der Waals surface area (Å²) in [7, 11) is 1.23. The van der Waals surface area contributed by atoms with Gasteiger partial charge < -0.3 is 5.11 Å². The lowest BCUT2D eigenvalue weighted by Crippen LogP contribution is -2.30. The fourth-order valence-electron chi connectivity index (χ4n) is 2.30. The Bertz CT molecular complexity index is 876. The van der Waals surface area contributed by atoms with Gasteiger partial charge in [0.15, 0.2) is 23.3 Å². The second-order valence-electron chi connectivity index (χ2n) is 5.52.